The SMILES string of the molecule is CCC(CO)N=C1CC(c2ccccc2)CC(=O)/C1=C(/O)Cc1cccc2ccccc12. The van der Waals surface area contributed by atoms with Crippen LogP contribution < -0.4 is 0 Å². The van der Waals surface area contributed by atoms with E-state index in [9.17, 15) is 15.0 Å². The first kappa shape index (κ1) is 22.0. The molecule has 0 saturated heterocycles. The summed E-state index contributed by atoms with van der Waals surface area (Å²) in [5.41, 5.74) is 3.00. The average Bonchev–Trinajstić information content (AvgIpc) is 2.83. The second-order valence-corrected chi connectivity index (χ2v) is 8.40. The number of benzene rings is 3. The monoisotopic (exact) mass is 427 g/mol. The van der Waals surface area contributed by atoms with Crippen LogP contribution in [-0.4, -0.2) is 34.4 Å². The Morgan fingerprint density at radius 3 is 2.47 bits per heavy atom. The van der Waals surface area contributed by atoms with E-state index < -0.39 is 0 Å². The van der Waals surface area contributed by atoms with Gasteiger partial charge in [-0.2, -0.15) is 0 Å². The van der Waals surface area contributed by atoms with E-state index >= 15 is 0 Å². The molecule has 3 aromatic rings. The van der Waals surface area contributed by atoms with Crippen molar-refractivity contribution in [1.82, 2.24) is 0 Å². The lowest BCUT2D eigenvalue weighted by Crippen LogP contribution is -2.28. The number of hydrogen-bond acceptors (Lipinski definition) is 4. The van der Waals surface area contributed by atoms with E-state index in [2.05, 4.69) is 0 Å². The van der Waals surface area contributed by atoms with E-state index in [1.54, 1.807) is 0 Å². The van der Waals surface area contributed by atoms with Crippen molar-refractivity contribution < 1.29 is 15.0 Å². The average molecular weight is 428 g/mol. The molecule has 0 aliphatic heterocycles. The Morgan fingerprint density at radius 2 is 1.72 bits per heavy atom. The minimum absolute atomic E-state index is 0.0211. The van der Waals surface area contributed by atoms with Crippen LogP contribution in [0.3, 0.4) is 0 Å². The van der Waals surface area contributed by atoms with Gasteiger partial charge in [-0.3, -0.25) is 9.79 Å². The quantitative estimate of drug-likeness (QED) is 0.400. The molecule has 1 aliphatic carbocycles. The zero-order valence-corrected chi connectivity index (χ0v) is 18.4. The Hall–Kier alpha value is -3.24. The van der Waals surface area contributed by atoms with Crippen molar-refractivity contribution in [3.8, 4) is 0 Å². The molecule has 1 fully saturated rings. The first-order chi connectivity index (χ1) is 15.6. The predicted octanol–water partition coefficient (Wildman–Crippen LogP) is 5.55. The number of carbonyl (C=O) groups is 1. The molecule has 0 spiro atoms. The van der Waals surface area contributed by atoms with Crippen LogP contribution >= 0.6 is 0 Å². The molecule has 164 valence electrons. The third kappa shape index (κ3) is 4.66. The summed E-state index contributed by atoms with van der Waals surface area (Å²) in [4.78, 5) is 18.0. The van der Waals surface area contributed by atoms with Crippen LogP contribution in [0.1, 0.15) is 43.2 Å². The summed E-state index contributed by atoms with van der Waals surface area (Å²) >= 11 is 0. The zero-order chi connectivity index (χ0) is 22.5. The Bertz CT molecular complexity index is 1150. The topological polar surface area (TPSA) is 69.9 Å². The number of nitrogens with zero attached hydrogens (tertiary/aromatic N) is 1. The lowest BCUT2D eigenvalue weighted by atomic mass is 9.78. The minimum atomic E-state index is -0.285. The predicted molar refractivity (Wildman–Crippen MR) is 129 cm³/mol. The highest BCUT2D eigenvalue weighted by Gasteiger charge is 2.33. The fourth-order valence-corrected chi connectivity index (χ4v) is 4.50. The number of fused-ring (bicyclic) bond motifs is 1. The number of allylic oxidation sites excluding steroid dienone is 2. The molecule has 0 aromatic heterocycles. The van der Waals surface area contributed by atoms with Crippen LogP contribution in [0.15, 0.2) is 89.1 Å². The van der Waals surface area contributed by atoms with Crippen molar-refractivity contribution in [2.45, 2.75) is 44.6 Å². The lowest BCUT2D eigenvalue weighted by molar-refractivity contribution is -0.115. The van der Waals surface area contributed by atoms with Crippen LogP contribution in [0.4, 0.5) is 0 Å². The van der Waals surface area contributed by atoms with Crippen LogP contribution in [0.25, 0.3) is 10.8 Å². The molecule has 0 radical (unpaired) electrons. The number of aliphatic imine (C=N–C) groups is 1. The van der Waals surface area contributed by atoms with E-state index in [4.69, 9.17) is 4.99 Å². The molecule has 2 atom stereocenters. The van der Waals surface area contributed by atoms with Crippen molar-refractivity contribution in [2.24, 2.45) is 4.99 Å². The Labute approximate surface area is 188 Å². The molecule has 4 rings (SSSR count). The van der Waals surface area contributed by atoms with Crippen LogP contribution in [0, 0.1) is 0 Å². The van der Waals surface area contributed by atoms with Gasteiger partial charge in [-0.05, 0) is 40.7 Å². The maximum Gasteiger partial charge on any atom is 0.168 e. The molecule has 0 bridgehead atoms. The van der Waals surface area contributed by atoms with Crippen molar-refractivity contribution in [1.29, 1.82) is 0 Å². The Balaban J connectivity index is 1.74. The molecule has 1 saturated carbocycles. The molecule has 0 amide bonds. The van der Waals surface area contributed by atoms with Crippen molar-refractivity contribution in [2.75, 3.05) is 6.61 Å². The number of ketones is 1. The molecule has 0 heterocycles. The van der Waals surface area contributed by atoms with Gasteiger partial charge in [0.2, 0.25) is 0 Å². The van der Waals surface area contributed by atoms with Gasteiger partial charge in [0.1, 0.15) is 5.76 Å². The molecule has 32 heavy (non-hydrogen) atoms. The van der Waals surface area contributed by atoms with Gasteiger partial charge in [0, 0.05) is 12.8 Å². The van der Waals surface area contributed by atoms with Crippen molar-refractivity contribution >= 4 is 22.3 Å². The van der Waals surface area contributed by atoms with E-state index in [1.807, 2.05) is 79.7 Å². The van der Waals surface area contributed by atoms with Gasteiger partial charge in [0.15, 0.2) is 5.78 Å². The van der Waals surface area contributed by atoms with Crippen molar-refractivity contribution in [3.05, 3.63) is 95.3 Å². The molecule has 2 unspecified atom stereocenters. The van der Waals surface area contributed by atoms with Gasteiger partial charge in [-0.1, -0.05) is 79.7 Å². The fourth-order valence-electron chi connectivity index (χ4n) is 4.50. The minimum Gasteiger partial charge on any atom is -0.511 e. The summed E-state index contributed by atoms with van der Waals surface area (Å²) in [6.45, 7) is 1.88. The molecular weight excluding hydrogens is 398 g/mol. The van der Waals surface area contributed by atoms with Gasteiger partial charge >= 0.3 is 0 Å². The lowest BCUT2D eigenvalue weighted by Gasteiger charge is -2.27. The van der Waals surface area contributed by atoms with E-state index in [0.29, 0.717) is 30.5 Å². The highest BCUT2D eigenvalue weighted by Crippen LogP contribution is 2.34. The largest absolute Gasteiger partial charge is 0.511 e. The normalized spacial score (nSPS) is 20.5. The number of carbonyl (C=O) groups excluding carboxylic acids is 1. The molecule has 2 N–H and O–H groups in total. The second kappa shape index (κ2) is 9.92. The van der Waals surface area contributed by atoms with Gasteiger partial charge in [0.05, 0.1) is 23.9 Å². The highest BCUT2D eigenvalue weighted by atomic mass is 16.3. The van der Waals surface area contributed by atoms with Crippen molar-refractivity contribution in [3.63, 3.8) is 0 Å². The standard InChI is InChI=1S/C28H29NO3/c1-2-23(18-30)29-25-15-22(19-9-4-3-5-10-19)17-27(32)28(25)26(31)16-21-13-8-12-20-11-6-7-14-24(20)21/h3-14,22-23,30-31H,2,15-18H2,1H3/b28-26+,29-25?. The summed E-state index contributed by atoms with van der Waals surface area (Å²) < 4.78 is 0. The molecule has 4 nitrogen and oxygen atoms in total. The first-order valence-corrected chi connectivity index (χ1v) is 11.3. The number of Topliss-reactive ketones (excluding diaryl/α,β-unsaturated/α-hetero) is 1. The Kier molecular flexibility index (Phi) is 6.81. The highest BCUT2D eigenvalue weighted by molar-refractivity contribution is 6.25. The molecule has 3 aromatic carbocycles. The van der Waals surface area contributed by atoms with Crippen LogP contribution in [-0.2, 0) is 11.2 Å². The smallest absolute Gasteiger partial charge is 0.168 e. The van der Waals surface area contributed by atoms with E-state index in [0.717, 1.165) is 21.9 Å². The van der Waals surface area contributed by atoms with Gasteiger partial charge in [-0.25, -0.2) is 0 Å². The van der Waals surface area contributed by atoms with Gasteiger partial charge in [-0.15, -0.1) is 0 Å². The third-order valence-corrected chi connectivity index (χ3v) is 6.26. The molecule has 4 heteroatoms. The summed E-state index contributed by atoms with van der Waals surface area (Å²) in [6.07, 6.45) is 1.85. The molecular formula is C28H29NO3. The number of hydrogen-bond donors (Lipinski definition) is 2. The maximum absolute atomic E-state index is 13.3. The fraction of sp³-hybridized carbons (Fsp3) is 0.286. The van der Waals surface area contributed by atoms with Gasteiger partial charge in [0.25, 0.3) is 0 Å². The summed E-state index contributed by atoms with van der Waals surface area (Å²) in [5, 5.41) is 23.0. The zero-order valence-electron chi connectivity index (χ0n) is 18.4. The summed E-state index contributed by atoms with van der Waals surface area (Å²) in [7, 11) is 0. The number of aliphatic hydroxyl groups is 2. The van der Waals surface area contributed by atoms with Gasteiger partial charge < -0.3 is 10.2 Å². The number of rotatable bonds is 6. The summed E-state index contributed by atoms with van der Waals surface area (Å²) in [5.74, 6) is -0.00783. The second-order valence-electron chi connectivity index (χ2n) is 8.40. The third-order valence-electron chi connectivity index (χ3n) is 6.26. The summed E-state index contributed by atoms with van der Waals surface area (Å²) in [6, 6.07) is 23.7. The van der Waals surface area contributed by atoms with Crippen LogP contribution in [0.5, 0.6) is 0 Å². The van der Waals surface area contributed by atoms with E-state index in [1.165, 1.54) is 0 Å². The van der Waals surface area contributed by atoms with Crippen LogP contribution in [0.2, 0.25) is 0 Å². The Morgan fingerprint density at radius 1 is 1.00 bits per heavy atom. The first-order valence-electron chi connectivity index (χ1n) is 11.3. The maximum atomic E-state index is 13.3. The number of aliphatic hydroxyl groups excluding tert-OH is 2. The van der Waals surface area contributed by atoms with E-state index in [-0.39, 0.29) is 36.5 Å². The molecule has 1 aliphatic rings.